The number of hydrogen-bond acceptors (Lipinski definition) is 6. The molecule has 0 unspecified atom stereocenters. The molecule has 2 saturated carbocycles. The van der Waals surface area contributed by atoms with Gasteiger partial charge in [-0.05, 0) is 74.3 Å². The minimum atomic E-state index is -0.575. The Morgan fingerprint density at radius 2 is 1.92 bits per heavy atom. The van der Waals surface area contributed by atoms with E-state index in [4.69, 9.17) is 19.4 Å². The number of rotatable bonds is 8. The van der Waals surface area contributed by atoms with Crippen LogP contribution in [0.15, 0.2) is 36.5 Å². The topological polar surface area (TPSA) is 91.4 Å². The van der Waals surface area contributed by atoms with Crippen molar-refractivity contribution in [3.63, 3.8) is 0 Å². The van der Waals surface area contributed by atoms with Crippen LogP contribution in [0.3, 0.4) is 0 Å². The maximum absolute atomic E-state index is 12.4. The number of ether oxygens (including phenoxy) is 2. The van der Waals surface area contributed by atoms with E-state index in [1.165, 1.54) is 20.0 Å². The zero-order chi connectivity index (χ0) is 25.0. The van der Waals surface area contributed by atoms with Crippen molar-refractivity contribution in [2.24, 2.45) is 11.8 Å². The average Bonchev–Trinajstić information content (AvgIpc) is 3.53. The van der Waals surface area contributed by atoms with Crippen molar-refractivity contribution in [2.45, 2.75) is 57.7 Å². The molecule has 3 aromatic heterocycles. The molecule has 0 bridgehead atoms. The summed E-state index contributed by atoms with van der Waals surface area (Å²) < 4.78 is 15.3. The highest BCUT2D eigenvalue weighted by Gasteiger charge is 2.41. The molecule has 8 heteroatoms. The fourth-order valence-corrected chi connectivity index (χ4v) is 5.70. The first kappa shape index (κ1) is 23.0. The van der Waals surface area contributed by atoms with E-state index in [2.05, 4.69) is 21.3 Å². The molecule has 2 aliphatic rings. The molecule has 188 valence electrons. The van der Waals surface area contributed by atoms with Crippen LogP contribution in [-0.2, 0) is 17.8 Å². The highest BCUT2D eigenvalue weighted by Crippen LogP contribution is 2.44. The van der Waals surface area contributed by atoms with E-state index in [0.717, 1.165) is 53.9 Å². The quantitative estimate of drug-likeness (QED) is 0.358. The van der Waals surface area contributed by atoms with Crippen LogP contribution in [-0.4, -0.2) is 50.0 Å². The average molecular weight is 489 g/mol. The number of fused-ring (bicyclic) bond motifs is 2. The number of benzene rings is 1. The fraction of sp³-hybridized carbons (Fsp3) is 0.464. The maximum Gasteiger partial charge on any atom is 0.338 e. The zero-order valence-corrected chi connectivity index (χ0v) is 21.0. The number of hydrogen-bond donors (Lipinski definition) is 1. The number of pyridine rings is 1. The molecular weight excluding hydrogens is 456 g/mol. The molecule has 1 aromatic carbocycles. The van der Waals surface area contributed by atoms with Crippen LogP contribution >= 0.6 is 0 Å². The smallest absolute Gasteiger partial charge is 0.338 e. The predicted octanol–water partition coefficient (Wildman–Crippen LogP) is 4.81. The molecule has 36 heavy (non-hydrogen) atoms. The normalized spacial score (nSPS) is 21.6. The SMILES string of the molecule is CCC1(O)CC(Cn2c(-c3cc4cccnc4n3CC3CC3)nc3cc(C(=O)OC)cc(OC)c32)C1. The number of methoxy groups -OCH3 is 2. The van der Waals surface area contributed by atoms with Gasteiger partial charge < -0.3 is 23.7 Å². The molecule has 0 atom stereocenters. The molecule has 4 aromatic rings. The van der Waals surface area contributed by atoms with Gasteiger partial charge >= 0.3 is 5.97 Å². The van der Waals surface area contributed by atoms with E-state index in [9.17, 15) is 9.90 Å². The number of nitrogens with zero attached hydrogens (tertiary/aromatic N) is 4. The van der Waals surface area contributed by atoms with Crippen LogP contribution in [0.2, 0.25) is 0 Å². The minimum Gasteiger partial charge on any atom is -0.494 e. The van der Waals surface area contributed by atoms with Crippen molar-refractivity contribution in [2.75, 3.05) is 14.2 Å². The van der Waals surface area contributed by atoms with E-state index >= 15 is 0 Å². The third-order valence-corrected chi connectivity index (χ3v) is 7.91. The lowest BCUT2D eigenvalue weighted by Crippen LogP contribution is -2.44. The lowest BCUT2D eigenvalue weighted by Gasteiger charge is -2.43. The fourth-order valence-electron chi connectivity index (χ4n) is 5.70. The molecule has 0 radical (unpaired) electrons. The Labute approximate surface area is 209 Å². The Bertz CT molecular complexity index is 1460. The van der Waals surface area contributed by atoms with Crippen molar-refractivity contribution in [1.82, 2.24) is 19.1 Å². The third kappa shape index (κ3) is 3.84. The second-order valence-corrected chi connectivity index (χ2v) is 10.4. The van der Waals surface area contributed by atoms with Gasteiger partial charge in [0.15, 0.2) is 5.82 Å². The Kier molecular flexibility index (Phi) is 5.52. The summed E-state index contributed by atoms with van der Waals surface area (Å²) in [4.78, 5) is 22.2. The summed E-state index contributed by atoms with van der Waals surface area (Å²) >= 11 is 0. The van der Waals surface area contributed by atoms with Crippen molar-refractivity contribution in [3.05, 3.63) is 42.1 Å². The Morgan fingerprint density at radius 1 is 1.14 bits per heavy atom. The molecule has 6 rings (SSSR count). The van der Waals surface area contributed by atoms with Crippen LogP contribution in [0.4, 0.5) is 0 Å². The molecular formula is C28H32N4O4. The van der Waals surface area contributed by atoms with Gasteiger partial charge in [0.1, 0.15) is 16.9 Å². The largest absolute Gasteiger partial charge is 0.494 e. The van der Waals surface area contributed by atoms with Crippen LogP contribution in [0.1, 0.15) is 49.4 Å². The van der Waals surface area contributed by atoms with Gasteiger partial charge in [0.2, 0.25) is 0 Å². The number of aromatic nitrogens is 4. The highest BCUT2D eigenvalue weighted by atomic mass is 16.5. The van der Waals surface area contributed by atoms with Gasteiger partial charge in [-0.1, -0.05) is 6.92 Å². The number of carbonyl (C=O) groups is 1. The summed E-state index contributed by atoms with van der Waals surface area (Å²) in [6, 6.07) is 9.71. The Morgan fingerprint density at radius 3 is 2.61 bits per heavy atom. The van der Waals surface area contributed by atoms with Crippen LogP contribution in [0, 0.1) is 11.8 Å². The van der Waals surface area contributed by atoms with Crippen molar-refractivity contribution in [3.8, 4) is 17.3 Å². The Balaban J connectivity index is 1.55. The molecule has 2 fully saturated rings. The number of carbonyl (C=O) groups excluding carboxylic acids is 1. The van der Waals surface area contributed by atoms with Gasteiger partial charge in [-0.15, -0.1) is 0 Å². The first-order valence-electron chi connectivity index (χ1n) is 12.8. The lowest BCUT2D eigenvalue weighted by atomic mass is 9.69. The minimum absolute atomic E-state index is 0.329. The summed E-state index contributed by atoms with van der Waals surface area (Å²) in [5.74, 6) is 1.97. The van der Waals surface area contributed by atoms with E-state index in [0.29, 0.717) is 35.2 Å². The number of aliphatic hydroxyl groups is 1. The van der Waals surface area contributed by atoms with Gasteiger partial charge in [-0.25, -0.2) is 14.8 Å². The number of imidazole rings is 1. The van der Waals surface area contributed by atoms with Gasteiger partial charge in [0, 0.05) is 24.7 Å². The molecule has 3 heterocycles. The van der Waals surface area contributed by atoms with Crippen LogP contribution in [0.5, 0.6) is 5.75 Å². The van der Waals surface area contributed by atoms with Crippen molar-refractivity contribution < 1.29 is 19.4 Å². The molecule has 0 amide bonds. The highest BCUT2D eigenvalue weighted by molar-refractivity contribution is 5.97. The van der Waals surface area contributed by atoms with E-state index in [1.807, 2.05) is 19.2 Å². The molecule has 1 N–H and O–H groups in total. The zero-order valence-electron chi connectivity index (χ0n) is 21.0. The Hall–Kier alpha value is -3.39. The lowest BCUT2D eigenvalue weighted by molar-refractivity contribution is -0.0797. The summed E-state index contributed by atoms with van der Waals surface area (Å²) in [6.07, 6.45) is 6.58. The van der Waals surface area contributed by atoms with Crippen LogP contribution < -0.4 is 4.74 Å². The van der Waals surface area contributed by atoms with E-state index in [1.54, 1.807) is 19.2 Å². The van der Waals surface area contributed by atoms with Gasteiger partial charge in [0.05, 0.1) is 36.6 Å². The molecule has 0 saturated heterocycles. The summed E-state index contributed by atoms with van der Waals surface area (Å²) in [7, 11) is 2.98. The summed E-state index contributed by atoms with van der Waals surface area (Å²) in [6.45, 7) is 3.65. The maximum atomic E-state index is 12.4. The molecule has 8 nitrogen and oxygen atoms in total. The van der Waals surface area contributed by atoms with Gasteiger partial charge in [-0.2, -0.15) is 0 Å². The second-order valence-electron chi connectivity index (χ2n) is 10.4. The summed E-state index contributed by atoms with van der Waals surface area (Å²) in [5, 5.41) is 11.8. The first-order chi connectivity index (χ1) is 17.4. The first-order valence-corrected chi connectivity index (χ1v) is 12.8. The monoisotopic (exact) mass is 488 g/mol. The molecule has 0 spiro atoms. The predicted molar refractivity (Wildman–Crippen MR) is 137 cm³/mol. The standard InChI is InChI=1S/C28H32N4O4/c1-4-28(34)13-18(14-28)16-32-24-21(10-20(27(33)36-3)12-23(24)35-2)30-26(32)22-11-19-6-5-9-29-25(19)31(22)15-17-7-8-17/h5-6,9-12,17-18,34H,4,7-8,13-16H2,1-3H3. The van der Waals surface area contributed by atoms with Gasteiger partial charge in [0.25, 0.3) is 0 Å². The number of esters is 1. The summed E-state index contributed by atoms with van der Waals surface area (Å²) in [5.41, 5.74) is 3.34. The second kappa shape index (κ2) is 8.62. The third-order valence-electron chi connectivity index (χ3n) is 7.91. The molecule has 0 aliphatic heterocycles. The van der Waals surface area contributed by atoms with Crippen molar-refractivity contribution in [1.29, 1.82) is 0 Å². The van der Waals surface area contributed by atoms with Crippen molar-refractivity contribution >= 4 is 28.0 Å². The van der Waals surface area contributed by atoms with E-state index < -0.39 is 11.6 Å². The van der Waals surface area contributed by atoms with Gasteiger partial charge in [-0.3, -0.25) is 0 Å². The van der Waals surface area contributed by atoms with E-state index in [-0.39, 0.29) is 0 Å². The van der Waals surface area contributed by atoms with Crippen LogP contribution in [0.25, 0.3) is 33.6 Å². The molecule has 2 aliphatic carbocycles.